The minimum Gasteiger partial charge on any atom is -0.319 e. The number of carbonyl (C=O) groups is 1. The predicted octanol–water partition coefficient (Wildman–Crippen LogP) is 2.55. The van der Waals surface area contributed by atoms with Crippen molar-refractivity contribution in [1.29, 1.82) is 5.26 Å². The lowest BCUT2D eigenvalue weighted by molar-refractivity contribution is -0.111. The standard InChI is InChI=1S/C15H14N4O/c1-10-15(11(2)19-18-10)17-14(20)7-6-12-4-3-5-13(8-12)9-16/h3-8H,1-2H3,(H,17,20)(H,18,19)/b7-6+. The van der Waals surface area contributed by atoms with E-state index in [-0.39, 0.29) is 5.91 Å². The van der Waals surface area contributed by atoms with E-state index in [9.17, 15) is 4.79 Å². The van der Waals surface area contributed by atoms with Crippen LogP contribution in [-0.4, -0.2) is 16.1 Å². The van der Waals surface area contributed by atoms with Crippen LogP contribution >= 0.6 is 0 Å². The molecule has 0 saturated carbocycles. The molecule has 0 aliphatic heterocycles. The largest absolute Gasteiger partial charge is 0.319 e. The molecule has 1 aromatic heterocycles. The zero-order valence-electron chi connectivity index (χ0n) is 11.3. The maximum atomic E-state index is 11.8. The summed E-state index contributed by atoms with van der Waals surface area (Å²) in [6.07, 6.45) is 3.10. The highest BCUT2D eigenvalue weighted by molar-refractivity contribution is 6.02. The molecule has 0 spiro atoms. The third-order valence-electron chi connectivity index (χ3n) is 2.82. The van der Waals surface area contributed by atoms with Crippen molar-refractivity contribution in [3.8, 4) is 6.07 Å². The lowest BCUT2D eigenvalue weighted by Crippen LogP contribution is -2.09. The number of H-pyrrole nitrogens is 1. The van der Waals surface area contributed by atoms with E-state index in [2.05, 4.69) is 21.6 Å². The molecule has 0 atom stereocenters. The molecule has 0 radical (unpaired) electrons. The summed E-state index contributed by atoms with van der Waals surface area (Å²) in [4.78, 5) is 11.8. The molecule has 2 rings (SSSR count). The van der Waals surface area contributed by atoms with Crippen LogP contribution in [0.25, 0.3) is 6.08 Å². The summed E-state index contributed by atoms with van der Waals surface area (Å²) in [6, 6.07) is 9.11. The Bertz CT molecular complexity index is 687. The highest BCUT2D eigenvalue weighted by atomic mass is 16.1. The fraction of sp³-hybridized carbons (Fsp3) is 0.133. The maximum absolute atomic E-state index is 11.8. The number of aromatic amines is 1. The smallest absolute Gasteiger partial charge is 0.248 e. The third-order valence-corrected chi connectivity index (χ3v) is 2.82. The van der Waals surface area contributed by atoms with Gasteiger partial charge < -0.3 is 5.32 Å². The lowest BCUT2D eigenvalue weighted by Gasteiger charge is -2.01. The van der Waals surface area contributed by atoms with Gasteiger partial charge in [-0.1, -0.05) is 12.1 Å². The molecule has 1 heterocycles. The van der Waals surface area contributed by atoms with Crippen LogP contribution in [-0.2, 0) is 4.79 Å². The summed E-state index contributed by atoms with van der Waals surface area (Å²) in [5.74, 6) is -0.236. The first-order valence-electron chi connectivity index (χ1n) is 6.11. The molecule has 20 heavy (non-hydrogen) atoms. The van der Waals surface area contributed by atoms with Crippen molar-refractivity contribution in [2.75, 3.05) is 5.32 Å². The number of aromatic nitrogens is 2. The Kier molecular flexibility index (Phi) is 3.96. The average molecular weight is 266 g/mol. The van der Waals surface area contributed by atoms with E-state index in [4.69, 9.17) is 5.26 Å². The van der Waals surface area contributed by atoms with Gasteiger partial charge in [-0.2, -0.15) is 10.4 Å². The molecule has 0 aliphatic rings. The van der Waals surface area contributed by atoms with E-state index < -0.39 is 0 Å². The maximum Gasteiger partial charge on any atom is 0.248 e. The number of anilines is 1. The molecule has 0 fully saturated rings. The van der Waals surface area contributed by atoms with Crippen LogP contribution in [0.5, 0.6) is 0 Å². The van der Waals surface area contributed by atoms with Crippen molar-refractivity contribution in [3.63, 3.8) is 0 Å². The van der Waals surface area contributed by atoms with Crippen LogP contribution in [0.1, 0.15) is 22.5 Å². The molecule has 2 N–H and O–H groups in total. The molecule has 100 valence electrons. The van der Waals surface area contributed by atoms with Crippen LogP contribution in [0, 0.1) is 25.2 Å². The number of aryl methyl sites for hydroxylation is 2. The zero-order valence-corrected chi connectivity index (χ0v) is 11.3. The van der Waals surface area contributed by atoms with Gasteiger partial charge in [-0.15, -0.1) is 0 Å². The highest BCUT2D eigenvalue weighted by Crippen LogP contribution is 2.16. The van der Waals surface area contributed by atoms with Crippen LogP contribution in [0.2, 0.25) is 0 Å². The van der Waals surface area contributed by atoms with Gasteiger partial charge in [-0.05, 0) is 37.6 Å². The second-order valence-corrected chi connectivity index (χ2v) is 4.37. The van der Waals surface area contributed by atoms with Gasteiger partial charge in [-0.25, -0.2) is 0 Å². The molecule has 0 unspecified atom stereocenters. The predicted molar refractivity (Wildman–Crippen MR) is 76.9 cm³/mol. The summed E-state index contributed by atoms with van der Waals surface area (Å²) in [6.45, 7) is 3.66. The van der Waals surface area contributed by atoms with Crippen molar-refractivity contribution >= 4 is 17.7 Å². The number of hydrogen-bond donors (Lipinski definition) is 2. The first-order chi connectivity index (χ1) is 9.60. The van der Waals surface area contributed by atoms with Crippen molar-refractivity contribution in [1.82, 2.24) is 10.2 Å². The van der Waals surface area contributed by atoms with E-state index in [0.29, 0.717) is 11.3 Å². The Morgan fingerprint density at radius 1 is 1.45 bits per heavy atom. The minimum atomic E-state index is -0.236. The van der Waals surface area contributed by atoms with E-state index in [0.717, 1.165) is 17.0 Å². The first-order valence-corrected chi connectivity index (χ1v) is 6.11. The topological polar surface area (TPSA) is 81.6 Å². The quantitative estimate of drug-likeness (QED) is 0.837. The van der Waals surface area contributed by atoms with Gasteiger partial charge >= 0.3 is 0 Å². The number of rotatable bonds is 3. The molecular weight excluding hydrogens is 252 g/mol. The van der Waals surface area contributed by atoms with E-state index in [1.807, 2.05) is 19.9 Å². The van der Waals surface area contributed by atoms with Gasteiger partial charge in [0, 0.05) is 6.08 Å². The fourth-order valence-corrected chi connectivity index (χ4v) is 1.78. The van der Waals surface area contributed by atoms with E-state index in [1.54, 1.807) is 24.3 Å². The van der Waals surface area contributed by atoms with Crippen molar-refractivity contribution in [3.05, 3.63) is 52.9 Å². The second-order valence-electron chi connectivity index (χ2n) is 4.37. The van der Waals surface area contributed by atoms with Gasteiger partial charge in [0.05, 0.1) is 28.7 Å². The Balaban J connectivity index is 2.08. The fourth-order valence-electron chi connectivity index (χ4n) is 1.78. The Hall–Kier alpha value is -2.87. The number of nitrogens with zero attached hydrogens (tertiary/aromatic N) is 2. The molecule has 1 aromatic carbocycles. The molecule has 5 heteroatoms. The van der Waals surface area contributed by atoms with Crippen LogP contribution in [0.4, 0.5) is 5.69 Å². The summed E-state index contributed by atoms with van der Waals surface area (Å²) < 4.78 is 0. The second kappa shape index (κ2) is 5.85. The number of nitrogens with one attached hydrogen (secondary N) is 2. The van der Waals surface area contributed by atoms with Crippen LogP contribution in [0.3, 0.4) is 0 Å². The summed E-state index contributed by atoms with van der Waals surface area (Å²) in [5, 5.41) is 18.4. The van der Waals surface area contributed by atoms with Crippen LogP contribution in [0.15, 0.2) is 30.3 Å². The molecule has 1 amide bonds. The van der Waals surface area contributed by atoms with Gasteiger partial charge in [0.1, 0.15) is 0 Å². The molecule has 0 saturated heterocycles. The number of amides is 1. The minimum absolute atomic E-state index is 0.236. The normalized spacial score (nSPS) is 10.4. The van der Waals surface area contributed by atoms with Gasteiger partial charge in [0.15, 0.2) is 0 Å². The molecule has 2 aromatic rings. The molecule has 0 bridgehead atoms. The van der Waals surface area contributed by atoms with Crippen LogP contribution < -0.4 is 5.32 Å². The van der Waals surface area contributed by atoms with Gasteiger partial charge in [-0.3, -0.25) is 9.89 Å². The first kappa shape index (κ1) is 13.6. The molecule has 5 nitrogen and oxygen atoms in total. The zero-order chi connectivity index (χ0) is 14.5. The Morgan fingerprint density at radius 3 is 2.90 bits per heavy atom. The van der Waals surface area contributed by atoms with Crippen molar-refractivity contribution < 1.29 is 4.79 Å². The summed E-state index contributed by atoms with van der Waals surface area (Å²) in [5.41, 5.74) is 3.63. The Labute approximate surface area is 116 Å². The number of hydrogen-bond acceptors (Lipinski definition) is 3. The van der Waals surface area contributed by atoms with E-state index >= 15 is 0 Å². The van der Waals surface area contributed by atoms with E-state index in [1.165, 1.54) is 6.08 Å². The summed E-state index contributed by atoms with van der Waals surface area (Å²) in [7, 11) is 0. The van der Waals surface area contributed by atoms with Gasteiger partial charge in [0.2, 0.25) is 5.91 Å². The lowest BCUT2D eigenvalue weighted by atomic mass is 10.1. The molecule has 0 aliphatic carbocycles. The molecular formula is C15H14N4O. The van der Waals surface area contributed by atoms with Gasteiger partial charge in [0.25, 0.3) is 0 Å². The SMILES string of the molecule is Cc1n[nH]c(C)c1NC(=O)/C=C/c1cccc(C#N)c1. The summed E-state index contributed by atoms with van der Waals surface area (Å²) >= 11 is 0. The monoisotopic (exact) mass is 266 g/mol. The average Bonchev–Trinajstić information content (AvgIpc) is 2.77. The van der Waals surface area contributed by atoms with Crippen molar-refractivity contribution in [2.45, 2.75) is 13.8 Å². The number of nitriles is 1. The number of benzene rings is 1. The highest BCUT2D eigenvalue weighted by Gasteiger charge is 2.07. The Morgan fingerprint density at radius 2 is 2.25 bits per heavy atom. The third kappa shape index (κ3) is 3.12. The van der Waals surface area contributed by atoms with Crippen molar-refractivity contribution in [2.24, 2.45) is 0 Å². The number of carbonyl (C=O) groups excluding carboxylic acids is 1.